The van der Waals surface area contributed by atoms with Crippen LogP contribution in [0.1, 0.15) is 38.9 Å². The SMILES string of the molecule is CCOC1=C(C2CN(CCO)C2)C(F)=C(Cl)C(C)C1C(C)n1nc(C(F)F)c2c(N)ncnc21. The van der Waals surface area contributed by atoms with Gasteiger partial charge in [0, 0.05) is 43.0 Å². The maximum Gasteiger partial charge on any atom is 0.282 e. The molecule has 0 saturated carbocycles. The highest BCUT2D eigenvalue weighted by Crippen LogP contribution is 2.50. The molecule has 0 bridgehead atoms. The van der Waals surface area contributed by atoms with Gasteiger partial charge in [0.05, 0.1) is 29.7 Å². The van der Waals surface area contributed by atoms with Crippen molar-refractivity contribution in [2.24, 2.45) is 17.8 Å². The van der Waals surface area contributed by atoms with Gasteiger partial charge < -0.3 is 15.6 Å². The van der Waals surface area contributed by atoms with Crippen molar-refractivity contribution in [1.82, 2.24) is 24.6 Å². The Morgan fingerprint density at radius 1 is 1.32 bits per heavy atom. The summed E-state index contributed by atoms with van der Waals surface area (Å²) < 4.78 is 50.5. The lowest BCUT2D eigenvalue weighted by Gasteiger charge is -2.44. The Bertz CT molecular complexity index is 1130. The molecule has 0 spiro atoms. The fourth-order valence-corrected chi connectivity index (χ4v) is 5.27. The van der Waals surface area contributed by atoms with E-state index in [4.69, 9.17) is 22.1 Å². The van der Waals surface area contributed by atoms with Gasteiger partial charge in [-0.15, -0.1) is 0 Å². The predicted molar refractivity (Wildman–Crippen MR) is 122 cm³/mol. The molecule has 186 valence electrons. The highest BCUT2D eigenvalue weighted by Gasteiger charge is 2.45. The first kappa shape index (κ1) is 24.7. The maximum atomic E-state index is 15.5. The van der Waals surface area contributed by atoms with Crippen molar-refractivity contribution in [3.8, 4) is 0 Å². The normalized spacial score (nSPS) is 23.2. The first-order valence-corrected chi connectivity index (χ1v) is 11.6. The summed E-state index contributed by atoms with van der Waals surface area (Å²) in [5.74, 6) is -1.28. The number of hydrogen-bond acceptors (Lipinski definition) is 7. The van der Waals surface area contributed by atoms with Crippen molar-refractivity contribution in [2.45, 2.75) is 33.2 Å². The summed E-state index contributed by atoms with van der Waals surface area (Å²) in [5.41, 5.74) is 5.95. The monoisotopic (exact) mass is 500 g/mol. The standard InChI is InChI=1S/C22H28ClF3N6O2/c1-4-34-19-13(10(2)16(23)17(24)14(19)12-7-31(8-12)5-6-33)11(3)32-22-15(18(30-32)20(25)26)21(27)28-9-29-22/h9-13,20,33H,4-8H2,1-3H3,(H2,27,28,29). The van der Waals surface area contributed by atoms with Crippen molar-refractivity contribution < 1.29 is 23.0 Å². The Morgan fingerprint density at radius 3 is 2.65 bits per heavy atom. The molecule has 3 N–H and O–H groups in total. The maximum absolute atomic E-state index is 15.5. The molecule has 0 aromatic carbocycles. The molecule has 12 heteroatoms. The van der Waals surface area contributed by atoms with E-state index in [1.54, 1.807) is 20.8 Å². The molecule has 3 atom stereocenters. The van der Waals surface area contributed by atoms with Crippen LogP contribution in [0.4, 0.5) is 19.0 Å². The number of likely N-dealkylation sites (tertiary alicyclic amines) is 1. The minimum atomic E-state index is -2.88. The molecule has 2 aromatic heterocycles. The van der Waals surface area contributed by atoms with Crippen LogP contribution in [0, 0.1) is 17.8 Å². The van der Waals surface area contributed by atoms with Gasteiger partial charge in [-0.2, -0.15) is 5.10 Å². The molecular weight excluding hydrogens is 473 g/mol. The molecule has 2 aromatic rings. The second kappa shape index (κ2) is 9.71. The number of ether oxygens (including phenoxy) is 1. The first-order valence-electron chi connectivity index (χ1n) is 11.2. The first-order chi connectivity index (χ1) is 16.2. The predicted octanol–water partition coefficient (Wildman–Crippen LogP) is 3.81. The smallest absolute Gasteiger partial charge is 0.282 e. The van der Waals surface area contributed by atoms with E-state index in [1.807, 2.05) is 4.90 Å². The largest absolute Gasteiger partial charge is 0.497 e. The average molecular weight is 501 g/mol. The molecule has 0 amide bonds. The lowest BCUT2D eigenvalue weighted by molar-refractivity contribution is 0.0812. The molecule has 1 saturated heterocycles. The summed E-state index contributed by atoms with van der Waals surface area (Å²) in [7, 11) is 0. The van der Waals surface area contributed by atoms with Crippen molar-refractivity contribution in [3.63, 3.8) is 0 Å². The lowest BCUT2D eigenvalue weighted by atomic mass is 9.75. The number of nitrogens with two attached hydrogens (primary N) is 1. The Balaban J connectivity index is 1.82. The fraction of sp³-hybridized carbons (Fsp3) is 0.591. The molecule has 1 fully saturated rings. The highest BCUT2D eigenvalue weighted by atomic mass is 35.5. The number of allylic oxidation sites excluding steroid dienone is 3. The number of fused-ring (bicyclic) bond motifs is 1. The molecule has 0 radical (unpaired) electrons. The van der Waals surface area contributed by atoms with Crippen molar-refractivity contribution in [1.29, 1.82) is 0 Å². The van der Waals surface area contributed by atoms with Gasteiger partial charge in [0.2, 0.25) is 0 Å². The van der Waals surface area contributed by atoms with E-state index in [2.05, 4.69) is 15.1 Å². The van der Waals surface area contributed by atoms with E-state index >= 15 is 4.39 Å². The summed E-state index contributed by atoms with van der Waals surface area (Å²) in [6.07, 6.45) is -1.68. The molecule has 3 heterocycles. The third-order valence-electron chi connectivity index (χ3n) is 6.69. The zero-order valence-electron chi connectivity index (χ0n) is 19.2. The van der Waals surface area contributed by atoms with Gasteiger partial charge in [-0.3, -0.25) is 4.90 Å². The quantitative estimate of drug-likeness (QED) is 0.568. The van der Waals surface area contributed by atoms with Crippen LogP contribution < -0.4 is 5.73 Å². The van der Waals surface area contributed by atoms with Gasteiger partial charge in [-0.1, -0.05) is 18.5 Å². The summed E-state index contributed by atoms with van der Waals surface area (Å²) in [4.78, 5) is 10.0. The van der Waals surface area contributed by atoms with Crippen molar-refractivity contribution in [3.05, 3.63) is 34.2 Å². The fourth-order valence-electron chi connectivity index (χ4n) is 5.04. The van der Waals surface area contributed by atoms with E-state index < -0.39 is 35.8 Å². The van der Waals surface area contributed by atoms with Crippen molar-refractivity contribution in [2.75, 3.05) is 38.6 Å². The summed E-state index contributed by atoms with van der Waals surface area (Å²) in [6, 6.07) is -0.564. The molecule has 2 aliphatic rings. The van der Waals surface area contributed by atoms with E-state index in [-0.39, 0.29) is 34.4 Å². The molecule has 1 aliphatic heterocycles. The summed E-state index contributed by atoms with van der Waals surface area (Å²) in [5, 5.41) is 13.4. The number of aromatic nitrogens is 4. The molecule has 3 unspecified atom stereocenters. The number of aliphatic hydroxyl groups is 1. The number of alkyl halides is 2. The third-order valence-corrected chi connectivity index (χ3v) is 7.20. The van der Waals surface area contributed by atoms with Gasteiger partial charge in [0.15, 0.2) is 5.65 Å². The third kappa shape index (κ3) is 4.03. The zero-order valence-corrected chi connectivity index (χ0v) is 19.9. The average Bonchev–Trinajstić information content (AvgIpc) is 3.17. The van der Waals surface area contributed by atoms with E-state index in [0.717, 1.165) is 0 Å². The number of hydrogen-bond donors (Lipinski definition) is 2. The number of β-amino-alcohol motifs (C(OH)–C–C–N with tert-alkyl or cyclic N) is 1. The van der Waals surface area contributed by atoms with Crippen molar-refractivity contribution >= 4 is 28.5 Å². The number of nitrogens with zero attached hydrogens (tertiary/aromatic N) is 5. The minimum absolute atomic E-state index is 0.00133. The Morgan fingerprint density at radius 2 is 2.03 bits per heavy atom. The molecule has 34 heavy (non-hydrogen) atoms. The lowest BCUT2D eigenvalue weighted by Crippen LogP contribution is -2.50. The van der Waals surface area contributed by atoms with Crippen LogP contribution in [0.25, 0.3) is 11.0 Å². The Kier molecular flexibility index (Phi) is 7.07. The van der Waals surface area contributed by atoms with Crippen LogP contribution in [0.5, 0.6) is 0 Å². The van der Waals surface area contributed by atoms with E-state index in [0.29, 0.717) is 37.6 Å². The van der Waals surface area contributed by atoms with Gasteiger partial charge >= 0.3 is 0 Å². The van der Waals surface area contributed by atoms with Crippen LogP contribution >= 0.6 is 11.6 Å². The van der Waals surface area contributed by atoms with Gasteiger partial charge in [-0.25, -0.2) is 27.8 Å². The number of anilines is 1. The summed E-state index contributed by atoms with van der Waals surface area (Å²) >= 11 is 6.49. The van der Waals surface area contributed by atoms with Crippen LogP contribution in [0.2, 0.25) is 0 Å². The minimum Gasteiger partial charge on any atom is -0.497 e. The van der Waals surface area contributed by atoms with Gasteiger partial charge in [-0.05, 0) is 13.8 Å². The topological polar surface area (TPSA) is 102 Å². The second-order valence-electron chi connectivity index (χ2n) is 8.70. The Labute approximate surface area is 200 Å². The van der Waals surface area contributed by atoms with Gasteiger partial charge in [0.25, 0.3) is 6.43 Å². The van der Waals surface area contributed by atoms with Crippen LogP contribution in [-0.2, 0) is 4.74 Å². The zero-order chi connectivity index (χ0) is 24.7. The Hall–Kier alpha value is -2.37. The number of rotatable bonds is 8. The van der Waals surface area contributed by atoms with E-state index in [9.17, 15) is 13.9 Å². The number of halogens is 4. The number of nitrogen functional groups attached to an aromatic ring is 1. The van der Waals surface area contributed by atoms with Crippen LogP contribution in [0.15, 0.2) is 28.5 Å². The second-order valence-corrected chi connectivity index (χ2v) is 9.10. The van der Waals surface area contributed by atoms with E-state index in [1.165, 1.54) is 11.0 Å². The molecule has 8 nitrogen and oxygen atoms in total. The molecule has 1 aliphatic carbocycles. The summed E-state index contributed by atoms with van der Waals surface area (Å²) in [6.45, 7) is 7.31. The van der Waals surface area contributed by atoms with Crippen LogP contribution in [-0.4, -0.2) is 62.6 Å². The van der Waals surface area contributed by atoms with Gasteiger partial charge in [0.1, 0.15) is 29.4 Å². The number of aliphatic hydroxyl groups excluding tert-OH is 1. The molecule has 4 rings (SSSR count). The highest BCUT2D eigenvalue weighted by molar-refractivity contribution is 6.30. The van der Waals surface area contributed by atoms with Crippen LogP contribution in [0.3, 0.4) is 0 Å². The molecular formula is C22H28ClF3N6O2.